The maximum absolute atomic E-state index is 13.5. The second kappa shape index (κ2) is 16.0. The van der Waals surface area contributed by atoms with Crippen molar-refractivity contribution in [2.75, 3.05) is 26.7 Å². The molecule has 2 aliphatic rings. The van der Waals surface area contributed by atoms with Crippen molar-refractivity contribution in [1.82, 2.24) is 25.3 Å². The van der Waals surface area contributed by atoms with Crippen LogP contribution in [0.5, 0.6) is 0 Å². The standard InChI is InChI=1S/C30H43N5O10/c1-18(26(41)31-19(29(44)45)9-12-24(39)40)13-16-33(5)28(43)25(30(2,3)4)32-27(42)20-8-6-7-15-34(20)23(38)14-17-35-21(36)10-11-22(35)37/h10-11,13,19-20,25H,6-9,12,14-17H2,1-5H3,(H,31,41)(H,32,42)(H,39,40)(H,44,45)/b18-13+/t19-,20-,25?/m1/s1. The molecule has 6 amide bonds. The highest BCUT2D eigenvalue weighted by Gasteiger charge is 2.39. The summed E-state index contributed by atoms with van der Waals surface area (Å²) in [5, 5.41) is 23.2. The van der Waals surface area contributed by atoms with Crippen molar-refractivity contribution >= 4 is 47.4 Å². The molecule has 1 unspecified atom stereocenters. The van der Waals surface area contributed by atoms with Crippen molar-refractivity contribution < 1.29 is 48.6 Å². The monoisotopic (exact) mass is 633 g/mol. The predicted octanol–water partition coefficient (Wildman–Crippen LogP) is 0.0524. The second-order valence-electron chi connectivity index (χ2n) is 12.2. The van der Waals surface area contributed by atoms with Gasteiger partial charge in [-0.25, -0.2) is 4.79 Å². The maximum atomic E-state index is 13.5. The molecular formula is C30H43N5O10. The highest BCUT2D eigenvalue weighted by Crippen LogP contribution is 2.24. The predicted molar refractivity (Wildman–Crippen MR) is 159 cm³/mol. The minimum Gasteiger partial charge on any atom is -0.481 e. The number of aliphatic carboxylic acids is 2. The van der Waals surface area contributed by atoms with Crippen LogP contribution in [0.4, 0.5) is 0 Å². The van der Waals surface area contributed by atoms with Crippen molar-refractivity contribution in [2.45, 2.75) is 84.3 Å². The number of hydrogen-bond donors (Lipinski definition) is 4. The van der Waals surface area contributed by atoms with Gasteiger partial charge in [-0.15, -0.1) is 0 Å². The van der Waals surface area contributed by atoms with Crippen molar-refractivity contribution in [3.8, 4) is 0 Å². The first-order chi connectivity index (χ1) is 20.9. The first-order valence-corrected chi connectivity index (χ1v) is 14.7. The van der Waals surface area contributed by atoms with Crippen LogP contribution in [0, 0.1) is 5.41 Å². The van der Waals surface area contributed by atoms with E-state index in [2.05, 4.69) is 10.6 Å². The maximum Gasteiger partial charge on any atom is 0.326 e. The molecule has 4 N–H and O–H groups in total. The van der Waals surface area contributed by atoms with Crippen LogP contribution >= 0.6 is 0 Å². The third-order valence-corrected chi connectivity index (χ3v) is 7.63. The number of nitrogens with zero attached hydrogens (tertiary/aromatic N) is 3. The summed E-state index contributed by atoms with van der Waals surface area (Å²) in [6.45, 7) is 6.89. The van der Waals surface area contributed by atoms with Crippen LogP contribution in [0.1, 0.15) is 66.2 Å². The number of rotatable bonds is 14. The molecule has 248 valence electrons. The third kappa shape index (κ3) is 10.5. The Morgan fingerprint density at radius 3 is 2.20 bits per heavy atom. The summed E-state index contributed by atoms with van der Waals surface area (Å²) < 4.78 is 0. The Labute approximate surface area is 261 Å². The Balaban J connectivity index is 2.07. The van der Waals surface area contributed by atoms with Crippen molar-refractivity contribution in [3.63, 3.8) is 0 Å². The average Bonchev–Trinajstić information content (AvgIpc) is 3.29. The molecule has 3 atom stereocenters. The highest BCUT2D eigenvalue weighted by atomic mass is 16.4. The number of likely N-dealkylation sites (N-methyl/N-ethyl adjacent to an activating group) is 1. The van der Waals surface area contributed by atoms with Gasteiger partial charge in [0.1, 0.15) is 18.1 Å². The van der Waals surface area contributed by atoms with Gasteiger partial charge < -0.3 is 30.6 Å². The molecule has 0 aromatic heterocycles. The lowest BCUT2D eigenvalue weighted by atomic mass is 9.85. The van der Waals surface area contributed by atoms with Crippen molar-refractivity contribution in [3.05, 3.63) is 23.8 Å². The van der Waals surface area contributed by atoms with Gasteiger partial charge in [0, 0.05) is 57.2 Å². The number of piperidine rings is 1. The summed E-state index contributed by atoms with van der Waals surface area (Å²) in [5.41, 5.74) is -0.639. The first-order valence-electron chi connectivity index (χ1n) is 14.7. The fraction of sp³-hybridized carbons (Fsp3) is 0.600. The zero-order valence-electron chi connectivity index (χ0n) is 26.3. The second-order valence-corrected chi connectivity index (χ2v) is 12.2. The lowest BCUT2D eigenvalue weighted by Crippen LogP contribution is -2.59. The van der Waals surface area contributed by atoms with Gasteiger partial charge in [-0.05, 0) is 38.0 Å². The molecule has 2 rings (SSSR count). The summed E-state index contributed by atoms with van der Waals surface area (Å²) in [4.78, 5) is 102. The number of hydrogen-bond acceptors (Lipinski definition) is 8. The molecule has 0 bridgehead atoms. The first kappa shape index (κ1) is 36.6. The van der Waals surface area contributed by atoms with Crippen LogP contribution in [-0.4, -0.2) is 117 Å². The Morgan fingerprint density at radius 2 is 1.64 bits per heavy atom. The van der Waals surface area contributed by atoms with Crippen LogP contribution in [0.3, 0.4) is 0 Å². The molecule has 2 heterocycles. The Hall–Kier alpha value is -4.56. The van der Waals surface area contributed by atoms with Gasteiger partial charge in [0.05, 0.1) is 0 Å². The molecule has 15 heteroatoms. The number of nitrogens with one attached hydrogen (secondary N) is 2. The highest BCUT2D eigenvalue weighted by molar-refractivity contribution is 6.13. The van der Waals surface area contributed by atoms with Gasteiger partial charge in [0.25, 0.3) is 11.8 Å². The summed E-state index contributed by atoms with van der Waals surface area (Å²) in [6.07, 6.45) is 4.55. The van der Waals surface area contributed by atoms with E-state index in [1.54, 1.807) is 20.8 Å². The Bertz CT molecular complexity index is 1250. The number of carboxylic acid groups (broad SMARTS) is 2. The van der Waals surface area contributed by atoms with Gasteiger partial charge >= 0.3 is 11.9 Å². The van der Waals surface area contributed by atoms with E-state index in [4.69, 9.17) is 5.11 Å². The van der Waals surface area contributed by atoms with Gasteiger partial charge in [-0.3, -0.25) is 38.5 Å². The van der Waals surface area contributed by atoms with Gasteiger partial charge in [-0.1, -0.05) is 26.8 Å². The van der Waals surface area contributed by atoms with Gasteiger partial charge in [0.15, 0.2) is 0 Å². The lowest BCUT2D eigenvalue weighted by molar-refractivity contribution is -0.146. The fourth-order valence-electron chi connectivity index (χ4n) is 4.87. The number of amides is 6. The summed E-state index contributed by atoms with van der Waals surface area (Å²) in [5.74, 6) is -5.65. The molecule has 15 nitrogen and oxygen atoms in total. The summed E-state index contributed by atoms with van der Waals surface area (Å²) in [7, 11) is 1.48. The minimum absolute atomic E-state index is 0.0514. The van der Waals surface area contributed by atoms with Crippen LogP contribution in [0.15, 0.2) is 23.8 Å². The van der Waals surface area contributed by atoms with E-state index in [9.17, 15) is 43.5 Å². The number of imide groups is 1. The molecule has 0 spiro atoms. The normalized spacial score (nSPS) is 18.3. The zero-order valence-corrected chi connectivity index (χ0v) is 26.3. The Kier molecular flexibility index (Phi) is 13.0. The number of carbonyl (C=O) groups excluding carboxylic acids is 6. The minimum atomic E-state index is -1.40. The number of carboxylic acids is 2. The van der Waals surface area contributed by atoms with Crippen LogP contribution in [0.25, 0.3) is 0 Å². The van der Waals surface area contributed by atoms with E-state index in [1.165, 1.54) is 29.8 Å². The summed E-state index contributed by atoms with van der Waals surface area (Å²) >= 11 is 0. The third-order valence-electron chi connectivity index (χ3n) is 7.63. The quantitative estimate of drug-likeness (QED) is 0.149. The van der Waals surface area contributed by atoms with Crippen molar-refractivity contribution in [1.29, 1.82) is 0 Å². The Morgan fingerprint density at radius 1 is 1.02 bits per heavy atom. The average molecular weight is 634 g/mol. The topological polar surface area (TPSA) is 211 Å². The summed E-state index contributed by atoms with van der Waals surface area (Å²) in [6, 6.07) is -3.24. The molecular weight excluding hydrogens is 590 g/mol. The lowest BCUT2D eigenvalue weighted by Gasteiger charge is -2.38. The van der Waals surface area contributed by atoms with E-state index < -0.39 is 71.4 Å². The number of likely N-dealkylation sites (tertiary alicyclic amines) is 1. The molecule has 0 aromatic rings. The molecule has 0 aromatic carbocycles. The largest absolute Gasteiger partial charge is 0.481 e. The van der Waals surface area contributed by atoms with Crippen molar-refractivity contribution in [2.24, 2.45) is 5.41 Å². The molecule has 45 heavy (non-hydrogen) atoms. The number of carbonyl (C=O) groups is 8. The van der Waals surface area contributed by atoms with Gasteiger partial charge in [0.2, 0.25) is 23.6 Å². The van der Waals surface area contributed by atoms with Gasteiger partial charge in [-0.2, -0.15) is 0 Å². The molecule has 1 fully saturated rings. The fourth-order valence-corrected chi connectivity index (χ4v) is 4.87. The smallest absolute Gasteiger partial charge is 0.326 e. The molecule has 2 aliphatic heterocycles. The van der Waals surface area contributed by atoms with Crippen LogP contribution < -0.4 is 10.6 Å². The van der Waals surface area contributed by atoms with E-state index in [0.29, 0.717) is 25.8 Å². The molecule has 0 radical (unpaired) electrons. The van der Waals surface area contributed by atoms with E-state index >= 15 is 0 Å². The van der Waals surface area contributed by atoms with E-state index in [1.807, 2.05) is 0 Å². The van der Waals surface area contributed by atoms with E-state index in [0.717, 1.165) is 17.1 Å². The molecule has 1 saturated heterocycles. The molecule has 0 saturated carbocycles. The SMILES string of the molecule is C/C(=C\CN(C)C(=O)C(NC(=O)[C@H]1CCCCN1C(=O)CCN1C(=O)C=CC1=O)C(C)(C)C)C(=O)N[C@H](CCC(=O)O)C(=O)O. The van der Waals surface area contributed by atoms with Crippen LogP contribution in [0.2, 0.25) is 0 Å². The molecule has 0 aliphatic carbocycles. The van der Waals surface area contributed by atoms with E-state index in [-0.39, 0.29) is 37.4 Å². The van der Waals surface area contributed by atoms with Crippen LogP contribution in [-0.2, 0) is 38.4 Å². The zero-order chi connectivity index (χ0) is 34.1.